The quantitative estimate of drug-likeness (QED) is 0.534. The minimum absolute atomic E-state index is 0.0526. The second-order valence-electron chi connectivity index (χ2n) is 7.58. The molecule has 1 aliphatic heterocycles. The highest BCUT2D eigenvalue weighted by Crippen LogP contribution is 2.31. The van der Waals surface area contributed by atoms with Crippen LogP contribution in [-0.2, 0) is 4.74 Å². The van der Waals surface area contributed by atoms with Crippen molar-refractivity contribution in [1.82, 2.24) is 10.2 Å². The molecule has 1 aliphatic carbocycles. The van der Waals surface area contributed by atoms with Gasteiger partial charge < -0.3 is 15.4 Å². The Morgan fingerprint density at radius 1 is 1.33 bits per heavy atom. The van der Waals surface area contributed by atoms with Crippen LogP contribution < -0.4 is 10.6 Å². The third kappa shape index (κ3) is 5.17. The van der Waals surface area contributed by atoms with Crippen molar-refractivity contribution >= 4 is 17.3 Å². The molecule has 3 rings (SSSR count). The number of nitro benzene ring substituents is 1. The van der Waals surface area contributed by atoms with E-state index in [0.29, 0.717) is 43.0 Å². The fourth-order valence-electron chi connectivity index (χ4n) is 3.39. The number of hydrogen-bond acceptors (Lipinski definition) is 6. The fraction of sp³-hybridized carbons (Fsp3) is 0.632. The molecule has 1 saturated carbocycles. The number of nitrogens with one attached hydrogen (secondary N) is 2. The van der Waals surface area contributed by atoms with E-state index in [9.17, 15) is 14.9 Å². The molecular weight excluding hydrogens is 348 g/mol. The first kappa shape index (κ1) is 19.6. The van der Waals surface area contributed by atoms with E-state index < -0.39 is 4.92 Å². The number of carbonyl (C=O) groups excluding carboxylic acids is 1. The maximum Gasteiger partial charge on any atom is 0.293 e. The van der Waals surface area contributed by atoms with Crippen molar-refractivity contribution in [3.8, 4) is 0 Å². The summed E-state index contributed by atoms with van der Waals surface area (Å²) in [6, 6.07) is 5.16. The van der Waals surface area contributed by atoms with Crippen molar-refractivity contribution in [3.63, 3.8) is 0 Å². The largest absolute Gasteiger partial charge is 0.379 e. The predicted molar refractivity (Wildman–Crippen MR) is 103 cm³/mol. The van der Waals surface area contributed by atoms with Gasteiger partial charge in [-0.15, -0.1) is 0 Å². The maximum absolute atomic E-state index is 12.6. The summed E-state index contributed by atoms with van der Waals surface area (Å²) in [4.78, 5) is 25.8. The van der Waals surface area contributed by atoms with E-state index in [1.54, 1.807) is 12.1 Å². The second kappa shape index (κ2) is 8.67. The number of amides is 1. The summed E-state index contributed by atoms with van der Waals surface area (Å²) in [5.41, 5.74) is 0.739. The number of hydrogen-bond donors (Lipinski definition) is 2. The lowest BCUT2D eigenvalue weighted by Crippen LogP contribution is -2.51. The minimum atomic E-state index is -0.438. The van der Waals surface area contributed by atoms with Gasteiger partial charge in [0.2, 0.25) is 0 Å². The summed E-state index contributed by atoms with van der Waals surface area (Å²) < 4.78 is 5.40. The molecule has 27 heavy (non-hydrogen) atoms. The average Bonchev–Trinajstić information content (AvgIpc) is 3.46. The molecule has 1 aromatic carbocycles. The Morgan fingerprint density at radius 3 is 2.63 bits per heavy atom. The summed E-state index contributed by atoms with van der Waals surface area (Å²) >= 11 is 0. The third-order valence-corrected chi connectivity index (χ3v) is 5.15. The molecule has 1 heterocycles. The first-order valence-electron chi connectivity index (χ1n) is 9.60. The molecule has 1 aromatic rings. The van der Waals surface area contributed by atoms with Gasteiger partial charge in [-0.1, -0.05) is 13.8 Å². The number of nitro groups is 1. The Hall–Kier alpha value is -2.19. The molecule has 0 spiro atoms. The van der Waals surface area contributed by atoms with E-state index in [1.165, 1.54) is 6.07 Å². The lowest BCUT2D eigenvalue weighted by Gasteiger charge is -2.36. The third-order valence-electron chi connectivity index (χ3n) is 5.15. The topological polar surface area (TPSA) is 96.7 Å². The molecule has 8 nitrogen and oxygen atoms in total. The molecule has 2 fully saturated rings. The standard InChI is InChI=1S/C19H28N4O4/c1-13(2)18(22-7-9-27-10-8-22)12-20-19(24)14-3-6-16(21-15-4-5-15)17(11-14)23(25)26/h3,6,11,13,15,18,21H,4-5,7-10,12H2,1-2H3,(H,20,24). The number of ether oxygens (including phenoxy) is 1. The highest BCUT2D eigenvalue weighted by molar-refractivity contribution is 5.95. The average molecular weight is 376 g/mol. The molecule has 148 valence electrons. The lowest BCUT2D eigenvalue weighted by molar-refractivity contribution is -0.384. The van der Waals surface area contributed by atoms with E-state index in [4.69, 9.17) is 4.74 Å². The number of carbonyl (C=O) groups is 1. The molecule has 8 heteroatoms. The zero-order chi connectivity index (χ0) is 19.4. The van der Waals surface area contributed by atoms with Gasteiger partial charge in [0.05, 0.1) is 18.1 Å². The summed E-state index contributed by atoms with van der Waals surface area (Å²) in [7, 11) is 0. The van der Waals surface area contributed by atoms with Gasteiger partial charge in [0.15, 0.2) is 0 Å². The zero-order valence-electron chi connectivity index (χ0n) is 15.9. The van der Waals surface area contributed by atoms with Crippen molar-refractivity contribution in [1.29, 1.82) is 0 Å². The molecule has 0 aromatic heterocycles. The highest BCUT2D eigenvalue weighted by Gasteiger charge is 2.27. The number of benzene rings is 1. The van der Waals surface area contributed by atoms with Crippen molar-refractivity contribution in [2.24, 2.45) is 5.92 Å². The van der Waals surface area contributed by atoms with Crippen molar-refractivity contribution < 1.29 is 14.5 Å². The molecule has 1 amide bonds. The van der Waals surface area contributed by atoms with Crippen molar-refractivity contribution in [2.75, 3.05) is 38.2 Å². The summed E-state index contributed by atoms with van der Waals surface area (Å²) in [6.07, 6.45) is 2.05. The van der Waals surface area contributed by atoms with E-state index in [-0.39, 0.29) is 17.6 Å². The first-order valence-corrected chi connectivity index (χ1v) is 9.60. The van der Waals surface area contributed by atoms with Gasteiger partial charge in [-0.2, -0.15) is 0 Å². The van der Waals surface area contributed by atoms with E-state index in [2.05, 4.69) is 29.4 Å². The van der Waals surface area contributed by atoms with Crippen LogP contribution in [0.4, 0.5) is 11.4 Å². The van der Waals surface area contributed by atoms with Crippen LogP contribution >= 0.6 is 0 Å². The van der Waals surface area contributed by atoms with Crippen LogP contribution in [0.5, 0.6) is 0 Å². The van der Waals surface area contributed by atoms with Gasteiger partial charge >= 0.3 is 0 Å². The van der Waals surface area contributed by atoms with E-state index >= 15 is 0 Å². The molecule has 1 atom stereocenters. The van der Waals surface area contributed by atoms with E-state index in [1.807, 2.05) is 0 Å². The number of anilines is 1. The van der Waals surface area contributed by atoms with Crippen LogP contribution in [0.25, 0.3) is 0 Å². The second-order valence-corrected chi connectivity index (χ2v) is 7.58. The molecule has 0 bridgehead atoms. The molecule has 1 saturated heterocycles. The van der Waals surface area contributed by atoms with Crippen molar-refractivity contribution in [3.05, 3.63) is 33.9 Å². The van der Waals surface area contributed by atoms with Gasteiger partial charge in [-0.3, -0.25) is 19.8 Å². The Bertz CT molecular complexity index is 684. The molecular formula is C19H28N4O4. The SMILES string of the molecule is CC(C)C(CNC(=O)c1ccc(NC2CC2)c([N+](=O)[O-])c1)N1CCOCC1. The van der Waals surface area contributed by atoms with Crippen LogP contribution in [-0.4, -0.2) is 60.7 Å². The molecule has 0 radical (unpaired) electrons. The van der Waals surface area contributed by atoms with Crippen LogP contribution in [0, 0.1) is 16.0 Å². The normalized spacial score (nSPS) is 18.9. The summed E-state index contributed by atoms with van der Waals surface area (Å²) in [5, 5.41) is 17.5. The zero-order valence-corrected chi connectivity index (χ0v) is 15.9. The molecule has 2 aliphatic rings. The number of morpholine rings is 1. The van der Waals surface area contributed by atoms with Crippen LogP contribution in [0.15, 0.2) is 18.2 Å². The number of rotatable bonds is 8. The molecule has 2 N–H and O–H groups in total. The van der Waals surface area contributed by atoms with Crippen LogP contribution in [0.1, 0.15) is 37.0 Å². The Labute approximate surface area is 159 Å². The smallest absolute Gasteiger partial charge is 0.293 e. The summed E-state index contributed by atoms with van der Waals surface area (Å²) in [5.74, 6) is 0.0952. The van der Waals surface area contributed by atoms with Crippen molar-refractivity contribution in [2.45, 2.75) is 38.8 Å². The fourth-order valence-corrected chi connectivity index (χ4v) is 3.39. The Kier molecular flexibility index (Phi) is 6.28. The highest BCUT2D eigenvalue weighted by atomic mass is 16.6. The Morgan fingerprint density at radius 2 is 2.04 bits per heavy atom. The number of nitrogens with zero attached hydrogens (tertiary/aromatic N) is 2. The first-order chi connectivity index (χ1) is 13.0. The minimum Gasteiger partial charge on any atom is -0.379 e. The van der Waals surface area contributed by atoms with Gasteiger partial charge in [0.25, 0.3) is 11.6 Å². The summed E-state index contributed by atoms with van der Waals surface area (Å²) in [6.45, 7) is 7.90. The van der Waals surface area contributed by atoms with E-state index in [0.717, 1.165) is 25.9 Å². The molecule has 1 unspecified atom stereocenters. The Balaban J connectivity index is 1.65. The van der Waals surface area contributed by atoms with Gasteiger partial charge in [-0.05, 0) is 30.9 Å². The lowest BCUT2D eigenvalue weighted by atomic mass is 10.0. The van der Waals surface area contributed by atoms with Crippen LogP contribution in [0.2, 0.25) is 0 Å². The van der Waals surface area contributed by atoms with Gasteiger partial charge in [-0.25, -0.2) is 0 Å². The predicted octanol–water partition coefficient (Wildman–Crippen LogP) is 2.26. The van der Waals surface area contributed by atoms with Gasteiger partial charge in [0, 0.05) is 43.3 Å². The van der Waals surface area contributed by atoms with Crippen LogP contribution in [0.3, 0.4) is 0 Å². The maximum atomic E-state index is 12.6. The van der Waals surface area contributed by atoms with Gasteiger partial charge in [0.1, 0.15) is 5.69 Å². The monoisotopic (exact) mass is 376 g/mol.